The topological polar surface area (TPSA) is 28.2 Å². The highest BCUT2D eigenvalue weighted by molar-refractivity contribution is 7.15. The number of hydrogen-bond donors (Lipinski definition) is 1. The second-order valence-corrected chi connectivity index (χ2v) is 7.42. The Hall–Kier alpha value is -0.610. The lowest BCUT2D eigenvalue weighted by molar-refractivity contribution is 0.555. The molecule has 120 valence electrons. The molecule has 2 rings (SSSR count). The molecule has 1 aromatic heterocycles. The zero-order chi connectivity index (χ0) is 15.2. The number of aryl methyl sites for hydroxylation is 1. The van der Waals surface area contributed by atoms with Gasteiger partial charge in [0.05, 0.1) is 5.69 Å². The lowest BCUT2D eigenvalue weighted by Crippen LogP contribution is -2.34. The molecule has 0 saturated carbocycles. The number of nitrogens with zero attached hydrogens (tertiary/aromatic N) is 2. The van der Waals surface area contributed by atoms with Gasteiger partial charge >= 0.3 is 0 Å². The molecule has 1 aromatic rings. The number of thiazole rings is 1. The summed E-state index contributed by atoms with van der Waals surface area (Å²) in [5, 5.41) is 4.81. The molecule has 4 heteroatoms. The smallest absolute Gasteiger partial charge is 0.186 e. The highest BCUT2D eigenvalue weighted by Gasteiger charge is 2.23. The highest BCUT2D eigenvalue weighted by atomic mass is 32.1. The molecule has 1 fully saturated rings. The van der Waals surface area contributed by atoms with E-state index in [-0.39, 0.29) is 0 Å². The van der Waals surface area contributed by atoms with E-state index in [9.17, 15) is 0 Å². The van der Waals surface area contributed by atoms with Crippen molar-refractivity contribution in [1.82, 2.24) is 10.3 Å². The van der Waals surface area contributed by atoms with Crippen molar-refractivity contribution in [3.05, 3.63) is 10.6 Å². The molecule has 1 aliphatic heterocycles. The van der Waals surface area contributed by atoms with E-state index in [0.717, 1.165) is 13.0 Å². The summed E-state index contributed by atoms with van der Waals surface area (Å²) >= 11 is 1.91. The van der Waals surface area contributed by atoms with Crippen LogP contribution in [0.15, 0.2) is 0 Å². The first kappa shape index (κ1) is 16.8. The first-order valence-corrected chi connectivity index (χ1v) is 9.45. The Morgan fingerprint density at radius 3 is 2.76 bits per heavy atom. The summed E-state index contributed by atoms with van der Waals surface area (Å²) in [4.78, 5) is 9.00. The maximum absolute atomic E-state index is 4.97. The van der Waals surface area contributed by atoms with Gasteiger partial charge in [0.25, 0.3) is 0 Å². The Bertz CT molecular complexity index is 428. The molecule has 2 heterocycles. The van der Waals surface area contributed by atoms with Crippen LogP contribution in [-0.4, -0.2) is 23.6 Å². The number of hydrogen-bond acceptors (Lipinski definition) is 4. The summed E-state index contributed by atoms with van der Waals surface area (Å²) < 4.78 is 0. The van der Waals surface area contributed by atoms with Crippen LogP contribution in [0.1, 0.15) is 70.4 Å². The molecule has 0 aromatic carbocycles. The Morgan fingerprint density at radius 2 is 2.10 bits per heavy atom. The summed E-state index contributed by atoms with van der Waals surface area (Å²) in [5.74, 6) is 0. The summed E-state index contributed by atoms with van der Waals surface area (Å²) in [6, 6.07) is 1.22. The first-order chi connectivity index (χ1) is 10.2. The van der Waals surface area contributed by atoms with Crippen LogP contribution in [0.5, 0.6) is 0 Å². The molecule has 1 unspecified atom stereocenters. The van der Waals surface area contributed by atoms with Gasteiger partial charge in [0.2, 0.25) is 0 Å². The van der Waals surface area contributed by atoms with Crippen LogP contribution >= 0.6 is 11.3 Å². The van der Waals surface area contributed by atoms with Gasteiger partial charge < -0.3 is 10.2 Å². The van der Waals surface area contributed by atoms with Gasteiger partial charge in [0.15, 0.2) is 5.13 Å². The monoisotopic (exact) mass is 309 g/mol. The minimum atomic E-state index is 0.529. The molecule has 1 aliphatic rings. The van der Waals surface area contributed by atoms with E-state index in [0.29, 0.717) is 12.1 Å². The van der Waals surface area contributed by atoms with Crippen LogP contribution in [0.4, 0.5) is 5.13 Å². The average molecular weight is 310 g/mol. The van der Waals surface area contributed by atoms with Gasteiger partial charge in [0.1, 0.15) is 0 Å². The predicted molar refractivity (Wildman–Crippen MR) is 93.4 cm³/mol. The van der Waals surface area contributed by atoms with Crippen molar-refractivity contribution in [2.24, 2.45) is 0 Å². The molecule has 0 spiro atoms. The second-order valence-electron chi connectivity index (χ2n) is 6.36. The fraction of sp³-hybridized carbons (Fsp3) is 0.824. The number of rotatable bonds is 6. The molecule has 1 saturated heterocycles. The zero-order valence-corrected chi connectivity index (χ0v) is 14.9. The maximum Gasteiger partial charge on any atom is 0.186 e. The molecular weight excluding hydrogens is 278 g/mol. The van der Waals surface area contributed by atoms with Crippen LogP contribution in [-0.2, 0) is 13.0 Å². The van der Waals surface area contributed by atoms with E-state index in [4.69, 9.17) is 4.98 Å². The lowest BCUT2D eigenvalue weighted by Gasteiger charge is -2.28. The fourth-order valence-electron chi connectivity index (χ4n) is 3.06. The Balaban J connectivity index is 2.17. The van der Waals surface area contributed by atoms with Crippen molar-refractivity contribution < 1.29 is 0 Å². The minimum absolute atomic E-state index is 0.529. The van der Waals surface area contributed by atoms with Crippen molar-refractivity contribution in [2.75, 3.05) is 11.4 Å². The van der Waals surface area contributed by atoms with Crippen molar-refractivity contribution in [1.29, 1.82) is 0 Å². The Kier molecular flexibility index (Phi) is 6.49. The molecule has 3 nitrogen and oxygen atoms in total. The second kappa shape index (κ2) is 8.14. The van der Waals surface area contributed by atoms with Gasteiger partial charge in [-0.05, 0) is 25.7 Å². The number of nitrogens with one attached hydrogen (secondary N) is 1. The largest absolute Gasteiger partial charge is 0.345 e. The predicted octanol–water partition coefficient (Wildman–Crippen LogP) is 4.36. The summed E-state index contributed by atoms with van der Waals surface area (Å²) in [6.07, 6.45) is 7.68. The van der Waals surface area contributed by atoms with Gasteiger partial charge in [-0.1, -0.05) is 40.5 Å². The van der Waals surface area contributed by atoms with E-state index in [1.165, 1.54) is 54.4 Å². The molecular formula is C17H31N3S. The summed E-state index contributed by atoms with van der Waals surface area (Å²) in [7, 11) is 0. The normalized spacial score (nSPS) is 20.0. The molecule has 0 amide bonds. The Labute approximate surface area is 134 Å². The SMILES string of the molecule is CCc1nc(N2CCCCCC2CC)sc1CNC(C)C. The third-order valence-corrected chi connectivity index (χ3v) is 5.50. The standard InChI is InChI=1S/C17H31N3S/c1-5-14-10-8-7-9-11-20(14)17-19-15(6-2)16(21-17)12-18-13(3)4/h13-14,18H,5-12H2,1-4H3. The van der Waals surface area contributed by atoms with Gasteiger partial charge in [-0.3, -0.25) is 0 Å². The molecule has 0 bridgehead atoms. The van der Waals surface area contributed by atoms with E-state index >= 15 is 0 Å². The van der Waals surface area contributed by atoms with Crippen molar-refractivity contribution >= 4 is 16.5 Å². The zero-order valence-electron chi connectivity index (χ0n) is 14.1. The van der Waals surface area contributed by atoms with Crippen molar-refractivity contribution in [3.8, 4) is 0 Å². The van der Waals surface area contributed by atoms with Crippen LogP contribution in [0.3, 0.4) is 0 Å². The van der Waals surface area contributed by atoms with E-state index in [2.05, 4.69) is 37.9 Å². The third-order valence-electron chi connectivity index (χ3n) is 4.37. The maximum atomic E-state index is 4.97. The fourth-order valence-corrected chi connectivity index (χ4v) is 4.25. The van der Waals surface area contributed by atoms with E-state index < -0.39 is 0 Å². The molecule has 21 heavy (non-hydrogen) atoms. The molecule has 1 atom stereocenters. The average Bonchev–Trinajstić information content (AvgIpc) is 2.73. The van der Waals surface area contributed by atoms with Crippen molar-refractivity contribution in [3.63, 3.8) is 0 Å². The Morgan fingerprint density at radius 1 is 1.29 bits per heavy atom. The summed E-state index contributed by atoms with van der Waals surface area (Å²) in [5.41, 5.74) is 1.29. The van der Waals surface area contributed by atoms with Gasteiger partial charge in [-0.25, -0.2) is 4.98 Å². The van der Waals surface area contributed by atoms with Crippen LogP contribution < -0.4 is 10.2 Å². The van der Waals surface area contributed by atoms with Gasteiger partial charge in [0, 0.05) is 30.1 Å². The summed E-state index contributed by atoms with van der Waals surface area (Å²) in [6.45, 7) is 11.1. The molecule has 1 N–H and O–H groups in total. The first-order valence-electron chi connectivity index (χ1n) is 8.64. The van der Waals surface area contributed by atoms with Crippen LogP contribution in [0.2, 0.25) is 0 Å². The highest BCUT2D eigenvalue weighted by Crippen LogP contribution is 2.32. The van der Waals surface area contributed by atoms with Gasteiger partial charge in [-0.15, -0.1) is 11.3 Å². The molecule has 0 aliphatic carbocycles. The quantitative estimate of drug-likeness (QED) is 0.846. The lowest BCUT2D eigenvalue weighted by atomic mass is 10.1. The third kappa shape index (κ3) is 4.43. The molecule has 0 radical (unpaired) electrons. The van der Waals surface area contributed by atoms with Crippen LogP contribution in [0.25, 0.3) is 0 Å². The van der Waals surface area contributed by atoms with E-state index in [1.54, 1.807) is 0 Å². The minimum Gasteiger partial charge on any atom is -0.345 e. The van der Waals surface area contributed by atoms with Crippen LogP contribution in [0, 0.1) is 0 Å². The van der Waals surface area contributed by atoms with E-state index in [1.807, 2.05) is 11.3 Å². The van der Waals surface area contributed by atoms with Crippen molar-refractivity contribution in [2.45, 2.75) is 84.8 Å². The number of anilines is 1. The van der Waals surface area contributed by atoms with Gasteiger partial charge in [-0.2, -0.15) is 0 Å². The number of aromatic nitrogens is 1.